The number of methoxy groups -OCH3 is 1. The third kappa shape index (κ3) is 4.51. The Morgan fingerprint density at radius 1 is 1.26 bits per heavy atom. The summed E-state index contributed by atoms with van der Waals surface area (Å²) in [6.07, 6.45) is 1.05. The molecule has 0 saturated carbocycles. The molecule has 0 atom stereocenters. The third-order valence-corrected chi connectivity index (χ3v) is 4.46. The number of hydrogen-bond acceptors (Lipinski definition) is 4. The largest absolute Gasteiger partial charge is 0.496 e. The van der Waals surface area contributed by atoms with Crippen LogP contribution in [-0.4, -0.2) is 23.8 Å². The number of halogens is 1. The van der Waals surface area contributed by atoms with Crippen LogP contribution < -0.4 is 14.2 Å². The van der Waals surface area contributed by atoms with Gasteiger partial charge in [-0.2, -0.15) is 0 Å². The fraction of sp³-hybridized carbons (Fsp3) is 0.381. The van der Waals surface area contributed by atoms with Gasteiger partial charge in [-0.1, -0.05) is 6.07 Å². The summed E-state index contributed by atoms with van der Waals surface area (Å²) in [7, 11) is 1.53. The molecule has 5 nitrogen and oxygen atoms in total. The Bertz CT molecular complexity index is 860. The molecule has 0 radical (unpaired) electrons. The number of ether oxygens (including phenoxy) is 3. The van der Waals surface area contributed by atoms with Gasteiger partial charge in [0.2, 0.25) is 0 Å². The van der Waals surface area contributed by atoms with Crippen molar-refractivity contribution < 1.29 is 28.5 Å². The molecule has 3 rings (SSSR count). The topological polar surface area (TPSA) is 65.0 Å². The summed E-state index contributed by atoms with van der Waals surface area (Å²) in [6.45, 7) is 4.10. The highest BCUT2D eigenvalue weighted by molar-refractivity contribution is 5.67. The van der Waals surface area contributed by atoms with Crippen molar-refractivity contribution in [3.8, 4) is 17.2 Å². The normalized spacial score (nSPS) is 14.4. The first-order valence-electron chi connectivity index (χ1n) is 8.79. The van der Waals surface area contributed by atoms with Crippen LogP contribution in [0.25, 0.3) is 0 Å². The third-order valence-electron chi connectivity index (χ3n) is 4.46. The summed E-state index contributed by atoms with van der Waals surface area (Å²) >= 11 is 0. The van der Waals surface area contributed by atoms with Gasteiger partial charge in [-0.05, 0) is 44.0 Å². The Balaban J connectivity index is 1.75. The second-order valence-corrected chi connectivity index (χ2v) is 7.25. The van der Waals surface area contributed by atoms with Crippen molar-refractivity contribution in [1.82, 2.24) is 0 Å². The molecule has 1 aliphatic rings. The molecule has 0 bridgehead atoms. The van der Waals surface area contributed by atoms with Gasteiger partial charge in [0.15, 0.2) is 0 Å². The van der Waals surface area contributed by atoms with Gasteiger partial charge in [0.05, 0.1) is 7.11 Å². The fourth-order valence-corrected chi connectivity index (χ4v) is 3.28. The van der Waals surface area contributed by atoms with Gasteiger partial charge >= 0.3 is 5.97 Å². The molecule has 2 aromatic carbocycles. The van der Waals surface area contributed by atoms with E-state index in [2.05, 4.69) is 0 Å². The van der Waals surface area contributed by atoms with Gasteiger partial charge in [-0.3, -0.25) is 4.79 Å². The average Bonchev–Trinajstić information content (AvgIpc) is 2.91. The Morgan fingerprint density at radius 3 is 2.74 bits per heavy atom. The number of fused-ring (bicyclic) bond motifs is 1. The van der Waals surface area contributed by atoms with Crippen molar-refractivity contribution in [2.45, 2.75) is 45.3 Å². The van der Waals surface area contributed by atoms with Crippen molar-refractivity contribution in [3.05, 3.63) is 52.8 Å². The molecule has 0 fully saturated rings. The second-order valence-electron chi connectivity index (χ2n) is 7.25. The standard InChI is InChI=1S/C21H23FO5/c1-21(2)11-14-8-16(22)9-15(20(14)27-21)12-26-17-6-4-13(5-7-19(23)24)18(10-17)25-3/h4,6,8-10H,5,7,11-12H2,1-3H3,(H,23,24). The zero-order valence-corrected chi connectivity index (χ0v) is 15.7. The molecule has 6 heteroatoms. The maximum absolute atomic E-state index is 13.9. The lowest BCUT2D eigenvalue weighted by atomic mass is 10.0. The summed E-state index contributed by atoms with van der Waals surface area (Å²) in [5.41, 5.74) is 1.94. The van der Waals surface area contributed by atoms with Crippen LogP contribution in [0.15, 0.2) is 30.3 Å². The first-order chi connectivity index (χ1) is 12.8. The number of aliphatic carboxylic acids is 1. The fourth-order valence-electron chi connectivity index (χ4n) is 3.28. The summed E-state index contributed by atoms with van der Waals surface area (Å²) in [4.78, 5) is 10.8. The SMILES string of the molecule is COc1cc(OCc2cc(F)cc3c2OC(C)(C)C3)ccc1CCC(=O)O. The molecular weight excluding hydrogens is 351 g/mol. The molecule has 1 N–H and O–H groups in total. The van der Waals surface area contributed by atoms with Crippen LogP contribution in [0.4, 0.5) is 4.39 Å². The summed E-state index contributed by atoms with van der Waals surface area (Å²) < 4.78 is 31.1. The van der Waals surface area contributed by atoms with E-state index >= 15 is 0 Å². The van der Waals surface area contributed by atoms with Crippen LogP contribution >= 0.6 is 0 Å². The Morgan fingerprint density at radius 2 is 2.04 bits per heavy atom. The van der Waals surface area contributed by atoms with E-state index in [9.17, 15) is 9.18 Å². The maximum Gasteiger partial charge on any atom is 0.303 e. The van der Waals surface area contributed by atoms with Gasteiger partial charge in [-0.25, -0.2) is 4.39 Å². The zero-order valence-electron chi connectivity index (χ0n) is 15.7. The van der Waals surface area contributed by atoms with Gasteiger partial charge in [0, 0.05) is 30.0 Å². The first-order valence-corrected chi connectivity index (χ1v) is 8.79. The highest BCUT2D eigenvalue weighted by atomic mass is 19.1. The highest BCUT2D eigenvalue weighted by Gasteiger charge is 2.32. The number of carbonyl (C=O) groups is 1. The van der Waals surface area contributed by atoms with E-state index in [1.54, 1.807) is 18.2 Å². The minimum absolute atomic E-state index is 0.0269. The van der Waals surface area contributed by atoms with Crippen LogP contribution in [0.3, 0.4) is 0 Å². The van der Waals surface area contributed by atoms with Crippen LogP contribution in [-0.2, 0) is 24.2 Å². The van der Waals surface area contributed by atoms with Crippen LogP contribution in [0.5, 0.6) is 17.2 Å². The monoisotopic (exact) mass is 374 g/mol. The van der Waals surface area contributed by atoms with Crippen molar-refractivity contribution in [3.63, 3.8) is 0 Å². The van der Waals surface area contributed by atoms with Crippen LogP contribution in [0.1, 0.15) is 37.0 Å². The molecule has 2 aromatic rings. The molecule has 0 aromatic heterocycles. The lowest BCUT2D eigenvalue weighted by molar-refractivity contribution is -0.136. The van der Waals surface area contributed by atoms with Crippen LogP contribution in [0, 0.1) is 5.82 Å². The number of carboxylic acids is 1. The highest BCUT2D eigenvalue weighted by Crippen LogP contribution is 2.39. The Kier molecular flexibility index (Phi) is 5.26. The summed E-state index contributed by atoms with van der Waals surface area (Å²) in [6, 6.07) is 8.19. The van der Waals surface area contributed by atoms with Gasteiger partial charge < -0.3 is 19.3 Å². The molecule has 0 amide bonds. The number of aryl methyl sites for hydroxylation is 1. The molecule has 0 aliphatic carbocycles. The molecule has 27 heavy (non-hydrogen) atoms. The van der Waals surface area contributed by atoms with Gasteiger partial charge in [-0.15, -0.1) is 0 Å². The lowest BCUT2D eigenvalue weighted by Crippen LogP contribution is -2.25. The smallest absolute Gasteiger partial charge is 0.303 e. The average molecular weight is 374 g/mol. The van der Waals surface area contributed by atoms with E-state index in [0.29, 0.717) is 35.7 Å². The predicted molar refractivity (Wildman–Crippen MR) is 98.1 cm³/mol. The zero-order chi connectivity index (χ0) is 19.6. The van der Waals surface area contributed by atoms with Crippen LogP contribution in [0.2, 0.25) is 0 Å². The lowest BCUT2D eigenvalue weighted by Gasteiger charge is -2.18. The van der Waals surface area contributed by atoms with E-state index in [-0.39, 0.29) is 24.4 Å². The number of benzene rings is 2. The van der Waals surface area contributed by atoms with E-state index in [0.717, 1.165) is 11.1 Å². The molecular formula is C21H23FO5. The summed E-state index contributed by atoms with van der Waals surface area (Å²) in [5, 5.41) is 8.83. The van der Waals surface area contributed by atoms with Crippen molar-refractivity contribution in [1.29, 1.82) is 0 Å². The number of carboxylic acid groups (broad SMARTS) is 1. The minimum atomic E-state index is -0.861. The predicted octanol–water partition coefficient (Wildman–Crippen LogP) is 4.14. The summed E-state index contributed by atoms with van der Waals surface area (Å²) in [5.74, 6) is 0.638. The molecule has 0 unspecified atom stereocenters. The number of rotatable bonds is 7. The van der Waals surface area contributed by atoms with Crippen molar-refractivity contribution in [2.24, 2.45) is 0 Å². The Hall–Kier alpha value is -2.76. The minimum Gasteiger partial charge on any atom is -0.496 e. The van der Waals surface area contributed by atoms with Gasteiger partial charge in [0.25, 0.3) is 0 Å². The second kappa shape index (κ2) is 7.47. The van der Waals surface area contributed by atoms with Gasteiger partial charge in [0.1, 0.15) is 35.3 Å². The van der Waals surface area contributed by atoms with E-state index < -0.39 is 5.97 Å². The van der Waals surface area contributed by atoms with E-state index in [4.69, 9.17) is 19.3 Å². The molecule has 1 heterocycles. The molecule has 1 aliphatic heterocycles. The molecule has 144 valence electrons. The number of hydrogen-bond donors (Lipinski definition) is 1. The molecule has 0 saturated heterocycles. The molecule has 0 spiro atoms. The van der Waals surface area contributed by atoms with Crippen molar-refractivity contribution >= 4 is 5.97 Å². The first kappa shape index (κ1) is 19.0. The Labute approximate surface area is 157 Å². The maximum atomic E-state index is 13.9. The van der Waals surface area contributed by atoms with E-state index in [1.165, 1.54) is 19.2 Å². The quantitative estimate of drug-likeness (QED) is 0.789. The van der Waals surface area contributed by atoms with E-state index in [1.807, 2.05) is 13.8 Å². The van der Waals surface area contributed by atoms with Crippen molar-refractivity contribution in [2.75, 3.05) is 7.11 Å².